The SMILES string of the molecule is CC1(C)c2cnc(NC3CCC(O)CC3)nc2CN1C(=O)N[C@H](CO)c1ccccc1.CC1(C)c2cnc(Nc3ccccc3)nc2CN1C(=O)NCc1cocn1.CN(C)[C@@H]1CCCC[C@H]1NC(=O)N1Cc2nc(Nc3ccccc3)ncc2C1(C)C.CN1CCC(Nc2ncc3c(n2)CN(C(=O)N[C@H](CO)c2ccccc2)C3(C)C)CC1.Cn1cccc1CNC(=O)N1Cc2nc(Nc3ccccc3)ncc2C1(C)C.S.S. The summed E-state index contributed by atoms with van der Waals surface area (Å²) in [5, 5.41) is 60.9. The fourth-order valence-electron chi connectivity index (χ4n) is 20.3. The van der Waals surface area contributed by atoms with Crippen LogP contribution in [-0.4, -0.2) is 217 Å². The van der Waals surface area contributed by atoms with Gasteiger partial charge in [0.1, 0.15) is 6.26 Å². The molecule has 3 fully saturated rings. The lowest BCUT2D eigenvalue weighted by molar-refractivity contribution is 0.125. The molecule has 13 heterocycles. The number of carbonyl (C=O) groups excluding carboxylic acids is 5. The number of amides is 10. The second-order valence-electron chi connectivity index (χ2n) is 41.3. The van der Waals surface area contributed by atoms with Gasteiger partial charge < -0.3 is 112 Å². The van der Waals surface area contributed by atoms with Gasteiger partial charge in [0.15, 0.2) is 6.39 Å². The predicted octanol–water partition coefficient (Wildman–Crippen LogP) is 15.9. The number of hydrogen-bond acceptors (Lipinski definition) is 27. The predicted molar refractivity (Wildman–Crippen MR) is 583 cm³/mol. The lowest BCUT2D eigenvalue weighted by Crippen LogP contribution is -2.55. The number of aryl methyl sites for hydroxylation is 1. The first-order chi connectivity index (χ1) is 70.6. The number of likely N-dealkylation sites (N-methyl/N-ethyl adjacent to an activating group) is 1. The molecule has 7 aromatic heterocycles. The van der Waals surface area contributed by atoms with Gasteiger partial charge in [0, 0.05) is 119 Å². The molecular formula is C109H143N29O9S2. The van der Waals surface area contributed by atoms with E-state index in [1.807, 2.05) is 265 Å². The molecule has 13 N–H and O–H groups in total. The third-order valence-corrected chi connectivity index (χ3v) is 29.4. The molecule has 10 amide bonds. The highest BCUT2D eigenvalue weighted by Crippen LogP contribution is 2.45. The van der Waals surface area contributed by atoms with Crippen LogP contribution in [-0.2, 0) is 80.6 Å². The Hall–Kier alpha value is -14.2. The van der Waals surface area contributed by atoms with Crippen LogP contribution in [0, 0.1) is 0 Å². The number of benzene rings is 5. The minimum atomic E-state index is -0.566. The molecule has 0 radical (unpaired) electrons. The summed E-state index contributed by atoms with van der Waals surface area (Å²) >= 11 is 0. The minimum absolute atomic E-state index is 0. The number of aliphatic hydroxyl groups excluding tert-OH is 3. The summed E-state index contributed by atoms with van der Waals surface area (Å²) in [6, 6.07) is 51.8. The largest absolute Gasteiger partial charge is 0.451 e. The smallest absolute Gasteiger partial charge is 0.319 e. The van der Waals surface area contributed by atoms with Crippen molar-refractivity contribution in [2.45, 2.75) is 249 Å². The molecule has 0 bridgehead atoms. The van der Waals surface area contributed by atoms with Crippen LogP contribution in [0.5, 0.6) is 0 Å². The van der Waals surface area contributed by atoms with Crippen molar-refractivity contribution < 1.29 is 43.7 Å². The van der Waals surface area contributed by atoms with Gasteiger partial charge in [-0.25, -0.2) is 78.8 Å². The van der Waals surface area contributed by atoms with Crippen molar-refractivity contribution in [2.24, 2.45) is 7.05 Å². The molecular weight excluding hydrogens is 1920 g/mol. The molecule has 2 aliphatic carbocycles. The first-order valence-corrected chi connectivity index (χ1v) is 50.6. The summed E-state index contributed by atoms with van der Waals surface area (Å²) in [5.74, 6) is 2.80. The highest BCUT2D eigenvalue weighted by atomic mass is 32.1. The highest BCUT2D eigenvalue weighted by Gasteiger charge is 2.48. The maximum absolute atomic E-state index is 13.3. The number of rotatable bonds is 22. The topological polar surface area (TPSA) is 449 Å². The number of para-hydroxylation sites is 3. The van der Waals surface area contributed by atoms with Gasteiger partial charge in [-0.1, -0.05) is 128 Å². The molecule has 0 spiro atoms. The average Bonchev–Trinajstić information content (AvgIpc) is 1.63. The number of aliphatic hydroxyl groups is 3. The Bertz CT molecular complexity index is 6310. The maximum Gasteiger partial charge on any atom is 0.319 e. The van der Waals surface area contributed by atoms with Crippen LogP contribution in [0.15, 0.2) is 218 Å². The Labute approximate surface area is 885 Å². The maximum atomic E-state index is 13.3. The first-order valence-electron chi connectivity index (χ1n) is 50.6. The van der Waals surface area contributed by atoms with E-state index in [1.54, 1.807) is 27.1 Å². The van der Waals surface area contributed by atoms with Gasteiger partial charge in [0.2, 0.25) is 29.7 Å². The van der Waals surface area contributed by atoms with E-state index in [4.69, 9.17) is 19.4 Å². The zero-order chi connectivity index (χ0) is 104. The van der Waals surface area contributed by atoms with Crippen LogP contribution < -0.4 is 53.2 Å². The molecule has 40 heteroatoms. The first kappa shape index (κ1) is 111. The number of likely N-dealkylation sites (tertiary alicyclic amines) is 1. The van der Waals surface area contributed by atoms with Gasteiger partial charge in [-0.05, 0) is 214 Å². The Morgan fingerprint density at radius 1 is 0.409 bits per heavy atom. The van der Waals surface area contributed by atoms with Gasteiger partial charge >= 0.3 is 30.2 Å². The van der Waals surface area contributed by atoms with Crippen LogP contribution in [0.25, 0.3) is 0 Å². The molecule has 5 aromatic carbocycles. The molecule has 12 aromatic rings. The van der Waals surface area contributed by atoms with Crippen LogP contribution in [0.1, 0.15) is 224 Å². The summed E-state index contributed by atoms with van der Waals surface area (Å²) in [7, 11) is 8.31. The molecule has 6 aliphatic heterocycles. The fourth-order valence-corrected chi connectivity index (χ4v) is 20.3. The molecule has 38 nitrogen and oxygen atoms in total. The number of anilines is 8. The number of urea groups is 5. The Morgan fingerprint density at radius 2 is 0.752 bits per heavy atom. The number of oxazole rings is 1. The Balaban J connectivity index is 0.000000146. The minimum Gasteiger partial charge on any atom is -0.451 e. The standard InChI is InChI=1S/C23H32N6O2.C23H32N6O.C23H31N5O3.C21H24N6O.C19H20N6O2.2H2S/c1-23(2)18-13-24-21(25-17-9-11-28(3)12-10-17)26-19(18)14-29(23)22(31)27-20(15-30)16-7-5-4-6-8-16;1-23(2)17-14-24-21(25-16-10-6-5-7-11-16)26-19(17)15-29(23)22(30)27-18-12-8-9-13-20(18)28(3)4;1-23(2)18-12-24-21(25-16-8-10-17(30)11-9-16)26-19(18)13-28(23)22(31)27-20(14-29)15-6-4-3-5-7-15;1-21(2)17-13-22-19(24-15-8-5-4-6-9-15)25-18(17)14-27(21)20(28)23-12-16-10-7-11-26(16)3;1-19(2)15-9-20-17(23-13-6-4-3-5-7-13)24-16(15)10-25(19)18(26)21-8-14-11-27-12-22-14;;/h4-8,13,17,20,30H,9-12,14-15H2,1-3H3,(H,27,31)(H,24,25,26);5-7,10-11,14,18,20H,8-9,12-13,15H2,1-4H3,(H,27,30)(H,24,25,26);3-7,12,16-17,20,29-30H,8-11,13-14H2,1-2H3,(H,27,31)(H,24,25,26);4-11,13H,12,14H2,1-3H3,(H,23,28)(H,22,24,25);3-7,9,11-12H,8,10H2,1-2H3,(H,21,26)(H,20,23,24);2*1H2/t20-;18-,20-;16?,17?,20-;;;;/m111..../s1. The van der Waals surface area contributed by atoms with E-state index < -0.39 is 39.8 Å². The molecule has 20 rings (SSSR count). The summed E-state index contributed by atoms with van der Waals surface area (Å²) in [4.78, 5) is 128. The third kappa shape index (κ3) is 26.4. The molecule has 1 saturated heterocycles. The molecule has 8 aliphatic rings. The van der Waals surface area contributed by atoms with E-state index >= 15 is 0 Å². The van der Waals surface area contributed by atoms with Crippen molar-refractivity contribution in [1.82, 2.24) is 120 Å². The van der Waals surface area contributed by atoms with Crippen molar-refractivity contribution in [1.29, 1.82) is 0 Å². The quantitative estimate of drug-likeness (QED) is 0.0300. The zero-order valence-electron chi connectivity index (χ0n) is 87.4. The number of piperidine rings is 1. The van der Waals surface area contributed by atoms with Gasteiger partial charge in [0.05, 0.1) is 139 Å². The number of nitrogens with one attached hydrogen (secondary N) is 10. The molecule has 790 valence electrons. The van der Waals surface area contributed by atoms with Crippen molar-refractivity contribution >= 4 is 104 Å². The Morgan fingerprint density at radius 3 is 1.11 bits per heavy atom. The number of aromatic nitrogens is 12. The summed E-state index contributed by atoms with van der Waals surface area (Å²) in [5.41, 5.74) is 12.8. The van der Waals surface area contributed by atoms with Gasteiger partial charge in [-0.15, -0.1) is 0 Å². The normalized spacial score (nSPS) is 18.9. The van der Waals surface area contributed by atoms with Crippen molar-refractivity contribution in [3.05, 3.63) is 292 Å². The van der Waals surface area contributed by atoms with Crippen molar-refractivity contribution in [3.8, 4) is 0 Å². The van der Waals surface area contributed by atoms with Gasteiger partial charge in [0.25, 0.3) is 0 Å². The van der Waals surface area contributed by atoms with Gasteiger partial charge in [-0.3, -0.25) is 0 Å². The van der Waals surface area contributed by atoms with E-state index in [2.05, 4.69) is 138 Å². The van der Waals surface area contributed by atoms with Crippen LogP contribution in [0.4, 0.5) is 70.8 Å². The van der Waals surface area contributed by atoms with Crippen molar-refractivity contribution in [2.75, 3.05) is 74.0 Å². The molecule has 0 unspecified atom stereocenters. The van der Waals surface area contributed by atoms with Crippen LogP contribution in [0.2, 0.25) is 0 Å². The highest BCUT2D eigenvalue weighted by molar-refractivity contribution is 7.59. The van der Waals surface area contributed by atoms with E-state index in [0.29, 0.717) is 93.3 Å². The number of hydrogen-bond donors (Lipinski definition) is 13. The second-order valence-corrected chi connectivity index (χ2v) is 41.3. The van der Waals surface area contributed by atoms with Crippen LogP contribution >= 0.6 is 27.0 Å². The monoisotopic (exact) mass is 2070 g/mol. The van der Waals surface area contributed by atoms with Gasteiger partial charge in [-0.2, -0.15) is 27.0 Å². The summed E-state index contributed by atoms with van der Waals surface area (Å²) in [6.45, 7) is 24.8. The summed E-state index contributed by atoms with van der Waals surface area (Å²) in [6.07, 6.45) is 23.8. The Kier molecular flexibility index (Phi) is 36.2. The number of fused-ring (bicyclic) bond motifs is 5. The number of nitrogens with zero attached hydrogens (tertiary/aromatic N) is 19. The third-order valence-electron chi connectivity index (χ3n) is 29.4. The zero-order valence-corrected chi connectivity index (χ0v) is 89.4. The summed E-state index contributed by atoms with van der Waals surface area (Å²) < 4.78 is 6.92. The lowest BCUT2D eigenvalue weighted by atomic mass is 9.89. The number of carbonyl (C=O) groups is 5. The van der Waals surface area contributed by atoms with E-state index in [0.717, 1.165) is 155 Å². The second kappa shape index (κ2) is 48.9. The fraction of sp³-hybridized carbons (Fsp3) is 0.431. The van der Waals surface area contributed by atoms with Crippen molar-refractivity contribution in [3.63, 3.8) is 0 Å². The molecule has 149 heavy (non-hydrogen) atoms. The van der Waals surface area contributed by atoms with E-state index in [1.165, 1.54) is 25.5 Å². The van der Waals surface area contributed by atoms with E-state index in [9.17, 15) is 39.3 Å². The average molecular weight is 2070 g/mol. The van der Waals surface area contributed by atoms with E-state index in [-0.39, 0.29) is 88.5 Å². The lowest BCUT2D eigenvalue weighted by Gasteiger charge is -2.39. The van der Waals surface area contributed by atoms with Crippen LogP contribution in [0.3, 0.4) is 0 Å². The molecule has 2 saturated carbocycles. The molecule has 4 atom stereocenters.